The van der Waals surface area contributed by atoms with Crippen LogP contribution in [0.1, 0.15) is 53.0 Å². The van der Waals surface area contributed by atoms with E-state index in [4.69, 9.17) is 0 Å². The van der Waals surface area contributed by atoms with Crippen LogP contribution in [0.3, 0.4) is 0 Å². The lowest BCUT2D eigenvalue weighted by Gasteiger charge is -2.27. The first-order valence-corrected chi connectivity index (χ1v) is 7.73. The van der Waals surface area contributed by atoms with Crippen LogP contribution in [0.4, 0.5) is 0 Å². The third-order valence-electron chi connectivity index (χ3n) is 4.15. The minimum atomic E-state index is -0.937. The summed E-state index contributed by atoms with van der Waals surface area (Å²) in [5.74, 6) is -1.99. The van der Waals surface area contributed by atoms with Crippen molar-refractivity contribution in [2.45, 2.75) is 37.5 Å². The van der Waals surface area contributed by atoms with Crippen molar-refractivity contribution in [3.63, 3.8) is 0 Å². The van der Waals surface area contributed by atoms with Crippen LogP contribution >= 0.6 is 12.6 Å². The molecule has 0 aromatic heterocycles. The van der Waals surface area contributed by atoms with Gasteiger partial charge in [0.25, 0.3) is 11.8 Å². The summed E-state index contributed by atoms with van der Waals surface area (Å²) in [6.07, 6.45) is 0.264. The van der Waals surface area contributed by atoms with Crippen LogP contribution in [-0.2, 0) is 14.3 Å². The molecule has 0 aliphatic carbocycles. The topological polar surface area (TPSA) is 83.6 Å². The molecule has 120 valence electrons. The molecule has 0 saturated carbocycles. The third-order valence-corrected chi connectivity index (χ3v) is 4.40. The molecule has 7 heteroatoms. The Morgan fingerprint density at radius 3 is 2.39 bits per heavy atom. The van der Waals surface area contributed by atoms with Crippen molar-refractivity contribution in [2.75, 3.05) is 0 Å². The number of carbonyl (C=O) groups is 4. The first-order chi connectivity index (χ1) is 10.7. The maximum absolute atomic E-state index is 12.6. The van der Waals surface area contributed by atoms with Gasteiger partial charge in [-0.1, -0.05) is 6.07 Å². The molecule has 1 aromatic carbocycles. The Bertz CT molecular complexity index is 751. The van der Waals surface area contributed by atoms with Gasteiger partial charge in [0.05, 0.1) is 11.1 Å². The molecule has 2 heterocycles. The van der Waals surface area contributed by atoms with E-state index in [9.17, 15) is 19.2 Å². The molecular formula is C16H16N2O4S. The number of nitrogens with one attached hydrogen (secondary N) is 1. The molecule has 1 saturated heterocycles. The molecule has 1 aromatic rings. The van der Waals surface area contributed by atoms with Gasteiger partial charge in [0.15, 0.2) is 0 Å². The number of nitrogens with zero attached hydrogens (tertiary/aromatic N) is 1. The lowest BCUT2D eigenvalue weighted by molar-refractivity contribution is -0.136. The summed E-state index contributed by atoms with van der Waals surface area (Å²) in [7, 11) is 0. The second kappa shape index (κ2) is 5.19. The van der Waals surface area contributed by atoms with E-state index in [1.807, 2.05) is 13.8 Å². The van der Waals surface area contributed by atoms with Crippen molar-refractivity contribution < 1.29 is 19.2 Å². The Hall–Kier alpha value is -2.15. The van der Waals surface area contributed by atoms with Crippen LogP contribution < -0.4 is 5.32 Å². The molecule has 0 bridgehead atoms. The zero-order valence-electron chi connectivity index (χ0n) is 12.8. The van der Waals surface area contributed by atoms with Crippen LogP contribution in [0.2, 0.25) is 0 Å². The van der Waals surface area contributed by atoms with Gasteiger partial charge in [-0.3, -0.25) is 29.4 Å². The Labute approximate surface area is 138 Å². The molecule has 1 N–H and O–H groups in total. The molecule has 1 unspecified atom stereocenters. The Kier molecular flexibility index (Phi) is 3.55. The quantitative estimate of drug-likeness (QED) is 0.631. The molecule has 3 rings (SSSR count). The Morgan fingerprint density at radius 2 is 1.78 bits per heavy atom. The highest BCUT2D eigenvalue weighted by molar-refractivity contribution is 7.81. The Morgan fingerprint density at radius 1 is 1.13 bits per heavy atom. The van der Waals surface area contributed by atoms with Gasteiger partial charge < -0.3 is 0 Å². The van der Waals surface area contributed by atoms with Crippen molar-refractivity contribution >= 4 is 36.3 Å². The SMILES string of the molecule is CC(C)(S)c1ccc2c(c1)C(=O)N(C1CCC(=O)NC1=O)C2=O. The summed E-state index contributed by atoms with van der Waals surface area (Å²) < 4.78 is -0.458. The fraction of sp³-hybridized carbons (Fsp3) is 0.375. The molecule has 2 aliphatic heterocycles. The number of imide groups is 2. The van der Waals surface area contributed by atoms with Gasteiger partial charge in [-0.25, -0.2) is 0 Å². The largest absolute Gasteiger partial charge is 0.295 e. The average Bonchev–Trinajstić information content (AvgIpc) is 2.71. The number of hydrogen-bond donors (Lipinski definition) is 2. The van der Waals surface area contributed by atoms with Gasteiger partial charge in [0.1, 0.15) is 6.04 Å². The Balaban J connectivity index is 1.98. The first kappa shape index (κ1) is 15.7. The van der Waals surface area contributed by atoms with E-state index in [-0.39, 0.29) is 29.9 Å². The van der Waals surface area contributed by atoms with E-state index in [0.29, 0.717) is 0 Å². The smallest absolute Gasteiger partial charge is 0.262 e. The van der Waals surface area contributed by atoms with E-state index in [1.165, 1.54) is 0 Å². The molecule has 0 radical (unpaired) electrons. The van der Waals surface area contributed by atoms with E-state index >= 15 is 0 Å². The number of amides is 4. The molecule has 2 aliphatic rings. The van der Waals surface area contributed by atoms with E-state index in [1.54, 1.807) is 18.2 Å². The minimum absolute atomic E-state index is 0.110. The summed E-state index contributed by atoms with van der Waals surface area (Å²) in [6, 6.07) is 4.06. The van der Waals surface area contributed by atoms with E-state index in [2.05, 4.69) is 17.9 Å². The third kappa shape index (κ3) is 2.55. The fourth-order valence-electron chi connectivity index (χ4n) is 2.85. The summed E-state index contributed by atoms with van der Waals surface area (Å²) in [4.78, 5) is 49.3. The molecular weight excluding hydrogens is 316 g/mol. The van der Waals surface area contributed by atoms with Crippen LogP contribution in [0.5, 0.6) is 0 Å². The van der Waals surface area contributed by atoms with Gasteiger partial charge in [-0.05, 0) is 38.0 Å². The van der Waals surface area contributed by atoms with Gasteiger partial charge in [0.2, 0.25) is 11.8 Å². The second-order valence-electron chi connectivity index (χ2n) is 6.27. The van der Waals surface area contributed by atoms with Gasteiger partial charge in [0, 0.05) is 11.2 Å². The zero-order chi connectivity index (χ0) is 16.9. The van der Waals surface area contributed by atoms with Crippen molar-refractivity contribution in [1.29, 1.82) is 0 Å². The maximum atomic E-state index is 12.6. The summed E-state index contributed by atoms with van der Waals surface area (Å²) in [6.45, 7) is 3.77. The van der Waals surface area contributed by atoms with Crippen LogP contribution in [0.15, 0.2) is 18.2 Å². The predicted molar refractivity (Wildman–Crippen MR) is 85.1 cm³/mol. The van der Waals surface area contributed by atoms with Gasteiger partial charge in [-0.2, -0.15) is 12.6 Å². The first-order valence-electron chi connectivity index (χ1n) is 7.28. The summed E-state index contributed by atoms with van der Waals surface area (Å²) in [5.41, 5.74) is 1.37. The molecule has 4 amide bonds. The van der Waals surface area contributed by atoms with Crippen molar-refractivity contribution in [3.8, 4) is 0 Å². The average molecular weight is 332 g/mol. The number of carbonyl (C=O) groups excluding carboxylic acids is 4. The summed E-state index contributed by atoms with van der Waals surface area (Å²) >= 11 is 4.47. The molecule has 0 spiro atoms. The standard InChI is InChI=1S/C16H16N2O4S/c1-16(2,23)8-3-4-9-10(7-8)15(22)18(14(9)21)11-5-6-12(19)17-13(11)20/h3-4,7,11,23H,5-6H2,1-2H3,(H,17,19,20). The number of fused-ring (bicyclic) bond motifs is 1. The van der Waals surface area contributed by atoms with Crippen molar-refractivity contribution in [2.24, 2.45) is 0 Å². The van der Waals surface area contributed by atoms with Crippen molar-refractivity contribution in [1.82, 2.24) is 10.2 Å². The highest BCUT2D eigenvalue weighted by Gasteiger charge is 2.44. The lowest BCUT2D eigenvalue weighted by Crippen LogP contribution is -2.54. The number of thiol groups is 1. The zero-order valence-corrected chi connectivity index (χ0v) is 13.6. The van der Waals surface area contributed by atoms with Crippen molar-refractivity contribution in [3.05, 3.63) is 34.9 Å². The predicted octanol–water partition coefficient (Wildman–Crippen LogP) is 1.25. The number of benzene rings is 1. The highest BCUT2D eigenvalue weighted by Crippen LogP contribution is 2.33. The van der Waals surface area contributed by atoms with Gasteiger partial charge >= 0.3 is 0 Å². The normalized spacial score (nSPS) is 21.5. The number of rotatable bonds is 2. The molecule has 1 atom stereocenters. The number of piperidine rings is 1. The van der Waals surface area contributed by atoms with E-state index in [0.717, 1.165) is 10.5 Å². The molecule has 23 heavy (non-hydrogen) atoms. The minimum Gasteiger partial charge on any atom is -0.295 e. The highest BCUT2D eigenvalue weighted by atomic mass is 32.1. The maximum Gasteiger partial charge on any atom is 0.262 e. The van der Waals surface area contributed by atoms with Crippen LogP contribution in [0, 0.1) is 0 Å². The second-order valence-corrected chi connectivity index (χ2v) is 7.38. The summed E-state index contributed by atoms with van der Waals surface area (Å²) in [5, 5.41) is 2.17. The lowest BCUT2D eigenvalue weighted by atomic mass is 9.97. The van der Waals surface area contributed by atoms with E-state index < -0.39 is 28.5 Å². The fourth-order valence-corrected chi connectivity index (χ4v) is 2.99. The molecule has 6 nitrogen and oxygen atoms in total. The van der Waals surface area contributed by atoms with Gasteiger partial charge in [-0.15, -0.1) is 0 Å². The monoisotopic (exact) mass is 332 g/mol. The number of hydrogen-bond acceptors (Lipinski definition) is 5. The van der Waals surface area contributed by atoms with Crippen LogP contribution in [0.25, 0.3) is 0 Å². The van der Waals surface area contributed by atoms with Crippen LogP contribution in [-0.4, -0.2) is 34.6 Å². The molecule has 1 fully saturated rings.